The second kappa shape index (κ2) is 4.95. The first-order chi connectivity index (χ1) is 7.04. The zero-order chi connectivity index (χ0) is 11.4. The Morgan fingerprint density at radius 3 is 2.87 bits per heavy atom. The molecule has 0 aliphatic carbocycles. The maximum Gasteiger partial charge on any atom is 0.292 e. The van der Waals surface area contributed by atoms with Gasteiger partial charge in [-0.05, 0) is 19.1 Å². The minimum Gasteiger partial charge on any atom is -0.376 e. The molecule has 0 heterocycles. The van der Waals surface area contributed by atoms with Crippen LogP contribution >= 0.6 is 11.6 Å². The Morgan fingerprint density at radius 2 is 2.33 bits per heavy atom. The molecule has 0 spiro atoms. The van der Waals surface area contributed by atoms with Gasteiger partial charge in [-0.3, -0.25) is 10.1 Å². The molecular formula is C9H12ClN3O2. The van der Waals surface area contributed by atoms with Gasteiger partial charge in [0.25, 0.3) is 5.69 Å². The smallest absolute Gasteiger partial charge is 0.292 e. The van der Waals surface area contributed by atoms with Gasteiger partial charge in [-0.25, -0.2) is 0 Å². The molecule has 0 saturated carbocycles. The van der Waals surface area contributed by atoms with Crippen LogP contribution in [0.15, 0.2) is 18.2 Å². The van der Waals surface area contributed by atoms with Gasteiger partial charge in [0, 0.05) is 23.7 Å². The molecule has 0 aromatic heterocycles. The van der Waals surface area contributed by atoms with Crippen LogP contribution in [-0.4, -0.2) is 17.5 Å². The number of nitro benzene ring substituents is 1. The second-order valence-corrected chi connectivity index (χ2v) is 3.64. The number of halogens is 1. The van der Waals surface area contributed by atoms with E-state index in [1.165, 1.54) is 18.2 Å². The fourth-order valence-corrected chi connectivity index (χ4v) is 1.28. The van der Waals surface area contributed by atoms with Crippen LogP contribution in [0.4, 0.5) is 11.4 Å². The van der Waals surface area contributed by atoms with Crippen molar-refractivity contribution in [3.8, 4) is 0 Å². The topological polar surface area (TPSA) is 81.2 Å². The maximum absolute atomic E-state index is 10.7. The van der Waals surface area contributed by atoms with E-state index in [-0.39, 0.29) is 11.7 Å². The fourth-order valence-electron chi connectivity index (χ4n) is 1.11. The van der Waals surface area contributed by atoms with Gasteiger partial charge in [0.15, 0.2) is 0 Å². The zero-order valence-electron chi connectivity index (χ0n) is 8.24. The monoisotopic (exact) mass is 229 g/mol. The molecule has 1 rings (SSSR count). The van der Waals surface area contributed by atoms with Gasteiger partial charge in [0.1, 0.15) is 5.69 Å². The summed E-state index contributed by atoms with van der Waals surface area (Å²) in [5, 5.41) is 14.1. The number of rotatable bonds is 4. The molecular weight excluding hydrogens is 218 g/mol. The number of nitrogens with two attached hydrogens (primary N) is 1. The molecule has 1 atom stereocenters. The molecule has 1 unspecified atom stereocenters. The Labute approximate surface area is 92.4 Å². The van der Waals surface area contributed by atoms with Crippen LogP contribution in [0.2, 0.25) is 5.02 Å². The number of anilines is 1. The summed E-state index contributed by atoms with van der Waals surface area (Å²) < 4.78 is 0. The summed E-state index contributed by atoms with van der Waals surface area (Å²) in [6.07, 6.45) is 0. The molecule has 1 aromatic carbocycles. The summed E-state index contributed by atoms with van der Waals surface area (Å²) in [6, 6.07) is 4.33. The molecule has 1 aromatic rings. The summed E-state index contributed by atoms with van der Waals surface area (Å²) in [5.74, 6) is 0. The molecule has 5 nitrogen and oxygen atoms in total. The van der Waals surface area contributed by atoms with E-state index >= 15 is 0 Å². The van der Waals surface area contributed by atoms with Gasteiger partial charge in [-0.15, -0.1) is 0 Å². The summed E-state index contributed by atoms with van der Waals surface area (Å²) in [7, 11) is 0. The third-order valence-electron chi connectivity index (χ3n) is 1.91. The molecule has 0 aliphatic rings. The van der Waals surface area contributed by atoms with Crippen LogP contribution in [0, 0.1) is 10.1 Å². The minimum absolute atomic E-state index is 0.000278. The van der Waals surface area contributed by atoms with Crippen molar-refractivity contribution in [2.24, 2.45) is 5.73 Å². The van der Waals surface area contributed by atoms with Crippen LogP contribution in [0.5, 0.6) is 0 Å². The van der Waals surface area contributed by atoms with E-state index in [1.54, 1.807) is 0 Å². The normalized spacial score (nSPS) is 12.2. The molecule has 0 aliphatic heterocycles. The number of nitrogens with zero attached hydrogens (tertiary/aromatic N) is 1. The van der Waals surface area contributed by atoms with Crippen molar-refractivity contribution in [3.05, 3.63) is 33.3 Å². The number of benzene rings is 1. The van der Waals surface area contributed by atoms with E-state index in [0.717, 1.165) is 0 Å². The van der Waals surface area contributed by atoms with Gasteiger partial charge in [0.2, 0.25) is 0 Å². The second-order valence-electron chi connectivity index (χ2n) is 3.20. The number of nitro groups is 1. The highest BCUT2D eigenvalue weighted by Crippen LogP contribution is 2.27. The predicted octanol–water partition coefficient (Wildman–Crippen LogP) is 2.01. The number of nitrogens with one attached hydrogen (secondary N) is 1. The van der Waals surface area contributed by atoms with E-state index < -0.39 is 4.92 Å². The van der Waals surface area contributed by atoms with Gasteiger partial charge in [-0.2, -0.15) is 0 Å². The van der Waals surface area contributed by atoms with Crippen molar-refractivity contribution in [1.82, 2.24) is 0 Å². The Morgan fingerprint density at radius 1 is 1.67 bits per heavy atom. The lowest BCUT2D eigenvalue weighted by Gasteiger charge is -2.12. The Bertz CT molecular complexity index is 370. The minimum atomic E-state index is -0.456. The van der Waals surface area contributed by atoms with Crippen molar-refractivity contribution in [2.75, 3.05) is 11.9 Å². The quantitative estimate of drug-likeness (QED) is 0.611. The van der Waals surface area contributed by atoms with E-state index in [0.29, 0.717) is 17.3 Å². The SMILES string of the molecule is CC(CN)Nc1cc(Cl)ccc1[N+](=O)[O-]. The first kappa shape index (κ1) is 11.7. The summed E-state index contributed by atoms with van der Waals surface area (Å²) in [6.45, 7) is 2.23. The van der Waals surface area contributed by atoms with Crippen LogP contribution in [-0.2, 0) is 0 Å². The first-order valence-electron chi connectivity index (χ1n) is 4.45. The van der Waals surface area contributed by atoms with Crippen LogP contribution in [0.1, 0.15) is 6.92 Å². The Hall–Kier alpha value is -1.33. The molecule has 0 fully saturated rings. The number of hydrogen-bond donors (Lipinski definition) is 2. The lowest BCUT2D eigenvalue weighted by Crippen LogP contribution is -2.25. The highest BCUT2D eigenvalue weighted by atomic mass is 35.5. The van der Waals surface area contributed by atoms with Gasteiger partial charge in [-0.1, -0.05) is 11.6 Å². The molecule has 6 heteroatoms. The zero-order valence-corrected chi connectivity index (χ0v) is 8.99. The van der Waals surface area contributed by atoms with Crippen molar-refractivity contribution < 1.29 is 4.92 Å². The maximum atomic E-state index is 10.7. The van der Waals surface area contributed by atoms with Crippen molar-refractivity contribution in [2.45, 2.75) is 13.0 Å². The average Bonchev–Trinajstić information content (AvgIpc) is 2.17. The highest BCUT2D eigenvalue weighted by Gasteiger charge is 2.14. The molecule has 15 heavy (non-hydrogen) atoms. The Kier molecular flexibility index (Phi) is 3.88. The molecule has 0 saturated heterocycles. The third kappa shape index (κ3) is 3.07. The van der Waals surface area contributed by atoms with Crippen molar-refractivity contribution in [3.63, 3.8) is 0 Å². The van der Waals surface area contributed by atoms with E-state index in [2.05, 4.69) is 5.32 Å². The Balaban J connectivity index is 3.02. The van der Waals surface area contributed by atoms with E-state index in [1.807, 2.05) is 6.92 Å². The lowest BCUT2D eigenvalue weighted by molar-refractivity contribution is -0.384. The summed E-state index contributed by atoms with van der Waals surface area (Å²) in [5.41, 5.74) is 5.81. The molecule has 0 radical (unpaired) electrons. The highest BCUT2D eigenvalue weighted by molar-refractivity contribution is 6.31. The fraction of sp³-hybridized carbons (Fsp3) is 0.333. The summed E-state index contributed by atoms with van der Waals surface area (Å²) in [4.78, 5) is 10.2. The van der Waals surface area contributed by atoms with Crippen molar-refractivity contribution >= 4 is 23.0 Å². The summed E-state index contributed by atoms with van der Waals surface area (Å²) >= 11 is 5.75. The third-order valence-corrected chi connectivity index (χ3v) is 2.15. The predicted molar refractivity (Wildman–Crippen MR) is 60.2 cm³/mol. The van der Waals surface area contributed by atoms with Crippen LogP contribution in [0.25, 0.3) is 0 Å². The molecule has 3 N–H and O–H groups in total. The molecule has 0 bridgehead atoms. The first-order valence-corrected chi connectivity index (χ1v) is 4.83. The van der Waals surface area contributed by atoms with Gasteiger partial charge >= 0.3 is 0 Å². The van der Waals surface area contributed by atoms with E-state index in [4.69, 9.17) is 17.3 Å². The lowest BCUT2D eigenvalue weighted by atomic mass is 10.2. The van der Waals surface area contributed by atoms with Gasteiger partial charge in [0.05, 0.1) is 4.92 Å². The average molecular weight is 230 g/mol. The standard InChI is InChI=1S/C9H12ClN3O2/c1-6(5-11)12-8-4-7(10)2-3-9(8)13(14)15/h2-4,6,12H,5,11H2,1H3. The molecule has 82 valence electrons. The van der Waals surface area contributed by atoms with Crippen LogP contribution in [0.3, 0.4) is 0 Å². The van der Waals surface area contributed by atoms with Gasteiger partial charge < -0.3 is 11.1 Å². The number of hydrogen-bond acceptors (Lipinski definition) is 4. The van der Waals surface area contributed by atoms with Crippen LogP contribution < -0.4 is 11.1 Å². The van der Waals surface area contributed by atoms with E-state index in [9.17, 15) is 10.1 Å². The molecule has 0 amide bonds. The largest absolute Gasteiger partial charge is 0.376 e. The van der Waals surface area contributed by atoms with Crippen molar-refractivity contribution in [1.29, 1.82) is 0 Å².